The lowest BCUT2D eigenvalue weighted by molar-refractivity contribution is -0.114. The van der Waals surface area contributed by atoms with Crippen LogP contribution in [-0.2, 0) is 14.8 Å². The van der Waals surface area contributed by atoms with Crippen LogP contribution in [0.2, 0.25) is 5.02 Å². The molecule has 5 nitrogen and oxygen atoms in total. The van der Waals surface area contributed by atoms with Crippen molar-refractivity contribution in [2.75, 3.05) is 16.2 Å². The molecule has 3 aromatic carbocycles. The van der Waals surface area contributed by atoms with Crippen LogP contribution in [0, 0.1) is 6.92 Å². The van der Waals surface area contributed by atoms with Crippen molar-refractivity contribution in [1.29, 1.82) is 0 Å². The largest absolute Gasteiger partial charge is 0.324 e. The molecule has 0 fully saturated rings. The molecule has 0 aliphatic rings. The van der Waals surface area contributed by atoms with Crippen molar-refractivity contribution in [1.82, 2.24) is 0 Å². The molecule has 0 atom stereocenters. The smallest absolute Gasteiger partial charge is 0.264 e. The molecule has 3 aromatic rings. The van der Waals surface area contributed by atoms with Crippen LogP contribution in [0.25, 0.3) is 0 Å². The summed E-state index contributed by atoms with van der Waals surface area (Å²) in [6.45, 7) is 1.37. The Labute approximate surface area is 183 Å². The number of anilines is 2. The molecule has 0 radical (unpaired) electrons. The molecule has 8 heteroatoms. The van der Waals surface area contributed by atoms with Gasteiger partial charge in [-0.3, -0.25) is 9.10 Å². The van der Waals surface area contributed by atoms with Crippen LogP contribution in [0.1, 0.15) is 5.56 Å². The number of amides is 1. The first-order chi connectivity index (χ1) is 13.8. The van der Waals surface area contributed by atoms with Gasteiger partial charge in [-0.25, -0.2) is 8.42 Å². The molecule has 0 aliphatic carbocycles. The van der Waals surface area contributed by atoms with Crippen LogP contribution in [0.5, 0.6) is 0 Å². The van der Waals surface area contributed by atoms with Crippen molar-refractivity contribution >= 4 is 54.8 Å². The van der Waals surface area contributed by atoms with E-state index in [0.717, 1.165) is 8.78 Å². The molecule has 0 saturated carbocycles. The zero-order valence-corrected chi connectivity index (χ0v) is 18.6. The first-order valence-electron chi connectivity index (χ1n) is 8.67. The number of aryl methyl sites for hydroxylation is 1. The minimum absolute atomic E-state index is 0.0923. The van der Waals surface area contributed by atoms with Gasteiger partial charge in [0.05, 0.1) is 10.6 Å². The van der Waals surface area contributed by atoms with E-state index in [1.807, 2.05) is 6.07 Å². The third kappa shape index (κ3) is 5.18. The molecule has 0 aliphatic heterocycles. The summed E-state index contributed by atoms with van der Waals surface area (Å²) in [5, 5.41) is 3.11. The van der Waals surface area contributed by atoms with Crippen molar-refractivity contribution in [3.8, 4) is 0 Å². The summed E-state index contributed by atoms with van der Waals surface area (Å²) in [5.74, 6) is -0.470. The van der Waals surface area contributed by atoms with E-state index in [-0.39, 0.29) is 4.90 Å². The van der Waals surface area contributed by atoms with Gasteiger partial charge in [-0.15, -0.1) is 0 Å². The zero-order chi connectivity index (χ0) is 21.0. The zero-order valence-electron chi connectivity index (χ0n) is 15.5. The summed E-state index contributed by atoms with van der Waals surface area (Å²) < 4.78 is 28.5. The van der Waals surface area contributed by atoms with Crippen molar-refractivity contribution in [3.05, 3.63) is 87.9 Å². The maximum Gasteiger partial charge on any atom is 0.264 e. The Morgan fingerprint density at radius 2 is 1.76 bits per heavy atom. The molecule has 29 heavy (non-hydrogen) atoms. The lowest BCUT2D eigenvalue weighted by Gasteiger charge is -2.26. The summed E-state index contributed by atoms with van der Waals surface area (Å²) in [6.07, 6.45) is 0. The average molecular weight is 494 g/mol. The SMILES string of the molecule is Cc1ccc(Cl)cc1N(CC(=O)Nc1cccc(Br)c1)S(=O)(=O)c1ccccc1. The van der Waals surface area contributed by atoms with Crippen molar-refractivity contribution in [3.63, 3.8) is 0 Å². The lowest BCUT2D eigenvalue weighted by atomic mass is 10.2. The van der Waals surface area contributed by atoms with Gasteiger partial charge in [0.2, 0.25) is 5.91 Å². The van der Waals surface area contributed by atoms with Crippen LogP contribution in [0.4, 0.5) is 11.4 Å². The molecule has 0 heterocycles. The Bertz CT molecular complexity index is 1140. The molecule has 1 amide bonds. The van der Waals surface area contributed by atoms with Crippen molar-refractivity contribution in [2.24, 2.45) is 0 Å². The van der Waals surface area contributed by atoms with E-state index < -0.39 is 22.5 Å². The molecule has 0 bridgehead atoms. The number of carbonyl (C=O) groups is 1. The summed E-state index contributed by atoms with van der Waals surface area (Å²) in [7, 11) is -3.98. The van der Waals surface area contributed by atoms with E-state index in [9.17, 15) is 13.2 Å². The highest BCUT2D eigenvalue weighted by Gasteiger charge is 2.28. The van der Waals surface area contributed by atoms with Gasteiger partial charge in [-0.2, -0.15) is 0 Å². The number of hydrogen-bond acceptors (Lipinski definition) is 3. The molecule has 0 saturated heterocycles. The number of hydrogen-bond donors (Lipinski definition) is 1. The fourth-order valence-corrected chi connectivity index (χ4v) is 4.83. The second-order valence-electron chi connectivity index (χ2n) is 6.31. The van der Waals surface area contributed by atoms with E-state index in [4.69, 9.17) is 11.6 Å². The third-order valence-electron chi connectivity index (χ3n) is 4.17. The number of sulfonamides is 1. The Morgan fingerprint density at radius 3 is 2.45 bits per heavy atom. The van der Waals surface area contributed by atoms with E-state index in [1.165, 1.54) is 12.1 Å². The van der Waals surface area contributed by atoms with E-state index in [0.29, 0.717) is 22.0 Å². The average Bonchev–Trinajstić information content (AvgIpc) is 2.69. The van der Waals surface area contributed by atoms with Crippen LogP contribution >= 0.6 is 27.5 Å². The predicted octanol–water partition coefficient (Wildman–Crippen LogP) is 5.24. The van der Waals surface area contributed by atoms with Crippen molar-refractivity contribution < 1.29 is 13.2 Å². The first kappa shape index (κ1) is 21.4. The maximum absolute atomic E-state index is 13.3. The minimum atomic E-state index is -3.98. The third-order valence-corrected chi connectivity index (χ3v) is 6.67. The van der Waals surface area contributed by atoms with Gasteiger partial charge >= 0.3 is 0 Å². The van der Waals surface area contributed by atoms with Gasteiger partial charge in [0.15, 0.2) is 0 Å². The standard InChI is InChI=1S/C21H18BrClN2O3S/c1-15-10-11-17(23)13-20(15)25(29(27,28)19-8-3-2-4-9-19)14-21(26)24-18-7-5-6-16(22)12-18/h2-13H,14H2,1H3,(H,24,26). The Kier molecular flexibility index (Phi) is 6.62. The van der Waals surface area contributed by atoms with Gasteiger partial charge in [0.1, 0.15) is 6.54 Å². The number of nitrogens with zero attached hydrogens (tertiary/aromatic N) is 1. The second-order valence-corrected chi connectivity index (χ2v) is 9.53. The number of nitrogens with one attached hydrogen (secondary N) is 1. The highest BCUT2D eigenvalue weighted by Crippen LogP contribution is 2.29. The topological polar surface area (TPSA) is 66.5 Å². The molecule has 3 rings (SSSR count). The molecule has 1 N–H and O–H groups in total. The minimum Gasteiger partial charge on any atom is -0.324 e. The molecule has 150 valence electrons. The van der Waals surface area contributed by atoms with Crippen molar-refractivity contribution in [2.45, 2.75) is 11.8 Å². The van der Waals surface area contributed by atoms with Gasteiger partial charge in [0.25, 0.3) is 10.0 Å². The quantitative estimate of drug-likeness (QED) is 0.510. The van der Waals surface area contributed by atoms with E-state index >= 15 is 0 Å². The molecular formula is C21H18BrClN2O3S. The number of halogens is 2. The molecule has 0 spiro atoms. The van der Waals surface area contributed by atoms with Gasteiger partial charge < -0.3 is 5.32 Å². The lowest BCUT2D eigenvalue weighted by Crippen LogP contribution is -2.38. The number of rotatable bonds is 6. The van der Waals surface area contributed by atoms with Crippen LogP contribution < -0.4 is 9.62 Å². The fourth-order valence-electron chi connectivity index (χ4n) is 2.77. The van der Waals surface area contributed by atoms with Gasteiger partial charge in [-0.05, 0) is 55.0 Å². The Morgan fingerprint density at radius 1 is 1.03 bits per heavy atom. The van der Waals surface area contributed by atoms with Crippen LogP contribution in [0.15, 0.2) is 82.2 Å². The van der Waals surface area contributed by atoms with E-state index in [2.05, 4.69) is 21.2 Å². The van der Waals surface area contributed by atoms with Crippen LogP contribution in [-0.4, -0.2) is 20.9 Å². The Hall–Kier alpha value is -2.35. The summed E-state index contributed by atoms with van der Waals surface area (Å²) in [5.41, 5.74) is 1.60. The fraction of sp³-hybridized carbons (Fsp3) is 0.0952. The number of carbonyl (C=O) groups excluding carboxylic acids is 1. The Balaban J connectivity index is 1.99. The summed E-state index contributed by atoms with van der Waals surface area (Å²) >= 11 is 9.46. The maximum atomic E-state index is 13.3. The van der Waals surface area contributed by atoms with Crippen LogP contribution in [0.3, 0.4) is 0 Å². The molecular weight excluding hydrogens is 476 g/mol. The van der Waals surface area contributed by atoms with Gasteiger partial charge in [-0.1, -0.05) is 57.9 Å². The highest BCUT2D eigenvalue weighted by molar-refractivity contribution is 9.10. The monoisotopic (exact) mass is 492 g/mol. The number of benzene rings is 3. The highest BCUT2D eigenvalue weighted by atomic mass is 79.9. The first-order valence-corrected chi connectivity index (χ1v) is 11.3. The van der Waals surface area contributed by atoms with Gasteiger partial charge in [0, 0.05) is 15.2 Å². The molecule has 0 unspecified atom stereocenters. The summed E-state index contributed by atoms with van der Waals surface area (Å²) in [4.78, 5) is 12.8. The normalized spacial score (nSPS) is 11.1. The predicted molar refractivity (Wildman–Crippen MR) is 120 cm³/mol. The van der Waals surface area contributed by atoms with E-state index in [1.54, 1.807) is 61.5 Å². The summed E-state index contributed by atoms with van der Waals surface area (Å²) in [6, 6.07) is 20.0. The molecule has 0 aromatic heterocycles. The second kappa shape index (κ2) is 8.98.